The smallest absolute Gasteiger partial charge is 0.259 e. The number of hydrogen-bond donors (Lipinski definition) is 2. The molecule has 0 saturated heterocycles. The van der Waals surface area contributed by atoms with Gasteiger partial charge in [-0.3, -0.25) is 19.1 Å². The summed E-state index contributed by atoms with van der Waals surface area (Å²) in [5.74, 6) is -1.67. The third-order valence-electron chi connectivity index (χ3n) is 8.21. The number of likely N-dealkylation sites (N-methyl/N-ethyl adjacent to an activating group) is 1. The monoisotopic (exact) mass is 623 g/mol. The predicted molar refractivity (Wildman–Crippen MR) is 171 cm³/mol. The molecule has 0 bridgehead atoms. The number of carbonyl (C=O) groups excluding carboxylic acids is 3. The number of nitrogens with zero attached hydrogens (tertiary/aromatic N) is 1. The summed E-state index contributed by atoms with van der Waals surface area (Å²) in [6.45, 7) is 5.69. The van der Waals surface area contributed by atoms with Gasteiger partial charge >= 0.3 is 0 Å². The fourth-order valence-electron chi connectivity index (χ4n) is 5.61. The molecule has 3 amide bonds. The van der Waals surface area contributed by atoms with Crippen molar-refractivity contribution in [1.29, 1.82) is 0 Å². The Morgan fingerprint density at radius 2 is 1.70 bits per heavy atom. The van der Waals surface area contributed by atoms with Crippen molar-refractivity contribution >= 4 is 39.1 Å². The van der Waals surface area contributed by atoms with Crippen LogP contribution in [0.1, 0.15) is 72.5 Å². The first kappa shape index (κ1) is 32.4. The molecule has 1 fully saturated rings. The lowest BCUT2D eigenvalue weighted by Gasteiger charge is -2.34. The number of unbranched alkanes of at least 4 members (excludes halogenated alkanes) is 1. The molecule has 1 aliphatic carbocycles. The molecule has 1 aromatic heterocycles. The number of benzene rings is 2. The highest BCUT2D eigenvalue weighted by Gasteiger charge is 2.45. The predicted octanol–water partition coefficient (Wildman–Crippen LogP) is 5.39. The number of thiophene rings is 1. The quantitative estimate of drug-likeness (QED) is 0.281. The Morgan fingerprint density at radius 1 is 1.00 bits per heavy atom. The van der Waals surface area contributed by atoms with Gasteiger partial charge in [-0.25, -0.2) is 8.42 Å². The maximum absolute atomic E-state index is 14.1. The summed E-state index contributed by atoms with van der Waals surface area (Å²) < 4.78 is 27.4. The Kier molecular flexibility index (Phi) is 10.4. The van der Waals surface area contributed by atoms with E-state index >= 15 is 0 Å². The molecule has 0 aliphatic heterocycles. The molecule has 1 atom stereocenters. The van der Waals surface area contributed by atoms with Crippen LogP contribution in [0, 0.1) is 13.8 Å². The molecule has 230 valence electrons. The maximum atomic E-state index is 14.1. The van der Waals surface area contributed by atoms with Crippen LogP contribution in [0.5, 0.6) is 0 Å². The largest absolute Gasteiger partial charge is 0.340 e. The van der Waals surface area contributed by atoms with Crippen LogP contribution in [0.2, 0.25) is 0 Å². The molecule has 1 aliphatic rings. The van der Waals surface area contributed by atoms with Crippen molar-refractivity contribution in [3.63, 3.8) is 0 Å². The van der Waals surface area contributed by atoms with Crippen molar-refractivity contribution in [3.8, 4) is 11.1 Å². The molecule has 10 heteroatoms. The molecular formula is C33H41N3O5S2. The van der Waals surface area contributed by atoms with E-state index in [1.54, 1.807) is 24.5 Å². The van der Waals surface area contributed by atoms with Crippen molar-refractivity contribution in [2.75, 3.05) is 12.8 Å². The zero-order chi connectivity index (χ0) is 31.2. The summed E-state index contributed by atoms with van der Waals surface area (Å²) >= 11 is 1.62. The second-order valence-electron chi connectivity index (χ2n) is 11.5. The van der Waals surface area contributed by atoms with Crippen molar-refractivity contribution < 1.29 is 22.8 Å². The normalized spacial score (nSPS) is 15.1. The summed E-state index contributed by atoms with van der Waals surface area (Å²) in [6, 6.07) is 14.5. The van der Waals surface area contributed by atoms with E-state index in [0.717, 1.165) is 27.8 Å². The summed E-state index contributed by atoms with van der Waals surface area (Å²) in [6.07, 6.45) is 3.32. The Labute approximate surface area is 258 Å². The molecule has 3 aromatic rings. The van der Waals surface area contributed by atoms with Gasteiger partial charge in [0.2, 0.25) is 15.9 Å². The average Bonchev–Trinajstić information content (AvgIpc) is 3.68. The van der Waals surface area contributed by atoms with Crippen LogP contribution in [0.25, 0.3) is 11.1 Å². The van der Waals surface area contributed by atoms with Crippen LogP contribution in [0.4, 0.5) is 0 Å². The molecular weight excluding hydrogens is 583 g/mol. The minimum Gasteiger partial charge on any atom is -0.340 e. The van der Waals surface area contributed by atoms with Gasteiger partial charge in [0.1, 0.15) is 11.6 Å². The molecule has 43 heavy (non-hydrogen) atoms. The summed E-state index contributed by atoms with van der Waals surface area (Å²) in [5.41, 5.74) is 3.98. The van der Waals surface area contributed by atoms with Crippen LogP contribution >= 0.6 is 11.3 Å². The SMILES string of the molecule is CCCCS(=O)(=O)NC(=O)C1(NC(=O)C(Cc2ccc(-c3ccsc3)cc2)N(C)C(=O)c2ccc(C)cc2C)CCCC1. The number of aryl methyl sites for hydroxylation is 2. The second kappa shape index (κ2) is 13.9. The van der Waals surface area contributed by atoms with E-state index in [2.05, 4.69) is 15.4 Å². The topological polar surface area (TPSA) is 113 Å². The number of nitrogens with one attached hydrogen (secondary N) is 2. The first-order chi connectivity index (χ1) is 20.4. The molecule has 4 rings (SSSR count). The fourth-order valence-corrected chi connectivity index (χ4v) is 7.52. The van der Waals surface area contributed by atoms with Crippen molar-refractivity contribution in [2.24, 2.45) is 0 Å². The molecule has 2 N–H and O–H groups in total. The van der Waals surface area contributed by atoms with E-state index < -0.39 is 33.4 Å². The Hall–Kier alpha value is -3.50. The number of amides is 3. The fraction of sp³-hybridized carbons (Fsp3) is 0.424. The van der Waals surface area contributed by atoms with Gasteiger partial charge in [0.25, 0.3) is 11.8 Å². The highest BCUT2D eigenvalue weighted by molar-refractivity contribution is 7.90. The maximum Gasteiger partial charge on any atom is 0.259 e. The van der Waals surface area contributed by atoms with E-state index in [1.165, 1.54) is 4.90 Å². The molecule has 1 saturated carbocycles. The number of rotatable bonds is 12. The minimum absolute atomic E-state index is 0.156. The first-order valence-corrected chi connectivity index (χ1v) is 17.4. The molecule has 1 heterocycles. The summed E-state index contributed by atoms with van der Waals surface area (Å²) in [4.78, 5) is 42.7. The van der Waals surface area contributed by atoms with Crippen LogP contribution in [-0.2, 0) is 26.0 Å². The number of carbonyl (C=O) groups is 3. The van der Waals surface area contributed by atoms with Gasteiger partial charge in [-0.15, -0.1) is 0 Å². The third kappa shape index (κ3) is 7.92. The van der Waals surface area contributed by atoms with Gasteiger partial charge in [0.15, 0.2) is 0 Å². The molecule has 2 aromatic carbocycles. The van der Waals surface area contributed by atoms with E-state index in [1.807, 2.05) is 68.6 Å². The first-order valence-electron chi connectivity index (χ1n) is 14.8. The zero-order valence-corrected chi connectivity index (χ0v) is 26.9. The van der Waals surface area contributed by atoms with Crippen LogP contribution in [0.15, 0.2) is 59.3 Å². The van der Waals surface area contributed by atoms with Crippen molar-refractivity contribution in [2.45, 2.75) is 77.3 Å². The molecule has 0 radical (unpaired) electrons. The highest BCUT2D eigenvalue weighted by Crippen LogP contribution is 2.31. The average molecular weight is 624 g/mol. The van der Waals surface area contributed by atoms with Gasteiger partial charge in [-0.1, -0.05) is 68.1 Å². The Bertz CT molecular complexity index is 1540. The van der Waals surface area contributed by atoms with Crippen LogP contribution in [0.3, 0.4) is 0 Å². The summed E-state index contributed by atoms with van der Waals surface area (Å²) in [5, 5.41) is 7.01. The molecule has 1 unspecified atom stereocenters. The Morgan fingerprint density at radius 3 is 2.30 bits per heavy atom. The standard InChI is InChI=1S/C33H41N3O5S2/c1-5-6-19-43(40,41)35-32(39)33(16-7-8-17-33)34-30(37)29(36(4)31(38)28-14-9-23(2)20-24(28)3)21-25-10-12-26(13-11-25)27-15-18-42-22-27/h9-15,18,20,22,29H,5-8,16-17,19,21H2,1-4H3,(H,34,37)(H,35,39). The van der Waals surface area contributed by atoms with E-state index in [0.29, 0.717) is 44.1 Å². The third-order valence-corrected chi connectivity index (χ3v) is 10.2. The van der Waals surface area contributed by atoms with Gasteiger partial charge in [-0.2, -0.15) is 11.3 Å². The van der Waals surface area contributed by atoms with Gasteiger partial charge in [0, 0.05) is 19.0 Å². The van der Waals surface area contributed by atoms with E-state index in [4.69, 9.17) is 0 Å². The van der Waals surface area contributed by atoms with Gasteiger partial charge in [0.05, 0.1) is 5.75 Å². The highest BCUT2D eigenvalue weighted by atomic mass is 32.2. The lowest BCUT2D eigenvalue weighted by molar-refractivity contribution is -0.134. The van der Waals surface area contributed by atoms with Crippen molar-refractivity contribution in [3.05, 3.63) is 81.5 Å². The number of hydrogen-bond acceptors (Lipinski definition) is 6. The van der Waals surface area contributed by atoms with Gasteiger partial charge < -0.3 is 10.2 Å². The lowest BCUT2D eigenvalue weighted by Crippen LogP contribution is -2.62. The van der Waals surface area contributed by atoms with Crippen LogP contribution in [-0.4, -0.2) is 55.4 Å². The van der Waals surface area contributed by atoms with E-state index in [-0.39, 0.29) is 18.1 Å². The van der Waals surface area contributed by atoms with E-state index in [9.17, 15) is 22.8 Å². The zero-order valence-electron chi connectivity index (χ0n) is 25.3. The van der Waals surface area contributed by atoms with Gasteiger partial charge in [-0.05, 0) is 78.3 Å². The Balaban J connectivity index is 1.62. The molecule has 8 nitrogen and oxygen atoms in total. The van der Waals surface area contributed by atoms with Crippen LogP contribution < -0.4 is 10.0 Å². The second-order valence-corrected chi connectivity index (χ2v) is 14.2. The van der Waals surface area contributed by atoms with Crippen molar-refractivity contribution in [1.82, 2.24) is 14.9 Å². The lowest BCUT2D eigenvalue weighted by atomic mass is 9.94. The minimum atomic E-state index is -3.83. The summed E-state index contributed by atoms with van der Waals surface area (Å²) in [7, 11) is -2.24. The molecule has 0 spiro atoms. The number of sulfonamides is 1.